The molecule has 0 radical (unpaired) electrons. The molecule has 1 aromatic carbocycles. The molecule has 1 N–H and O–H groups in total. The number of nitrogens with one attached hydrogen (secondary N) is 1. The van der Waals surface area contributed by atoms with Crippen LogP contribution in [-0.2, 0) is 9.47 Å². The van der Waals surface area contributed by atoms with Crippen LogP contribution in [0.2, 0.25) is 0 Å². The Morgan fingerprint density at radius 2 is 1.84 bits per heavy atom. The van der Waals surface area contributed by atoms with E-state index in [0.29, 0.717) is 12.0 Å². The molecule has 0 amide bonds. The van der Waals surface area contributed by atoms with Crippen LogP contribution in [0.15, 0.2) is 30.3 Å². The zero-order valence-corrected chi connectivity index (χ0v) is 11.3. The third kappa shape index (κ3) is 3.47. The Morgan fingerprint density at radius 1 is 1.05 bits per heavy atom. The molecule has 2 aliphatic rings. The molecule has 2 aliphatic heterocycles. The molecule has 3 rings (SSSR count). The van der Waals surface area contributed by atoms with Gasteiger partial charge in [0.1, 0.15) is 0 Å². The van der Waals surface area contributed by atoms with Crippen LogP contribution in [-0.4, -0.2) is 44.0 Å². The van der Waals surface area contributed by atoms with E-state index < -0.39 is 0 Å². The van der Waals surface area contributed by atoms with E-state index in [0.717, 1.165) is 38.6 Å². The van der Waals surface area contributed by atoms with Gasteiger partial charge in [0.25, 0.3) is 0 Å². The van der Waals surface area contributed by atoms with Crippen molar-refractivity contribution in [2.75, 3.05) is 38.3 Å². The minimum absolute atomic E-state index is 0.313. The fourth-order valence-corrected chi connectivity index (χ4v) is 2.86. The molecule has 1 unspecified atom stereocenters. The van der Waals surface area contributed by atoms with Crippen molar-refractivity contribution in [2.24, 2.45) is 5.92 Å². The predicted octanol–water partition coefficient (Wildman–Crippen LogP) is 2.14. The first-order valence-corrected chi connectivity index (χ1v) is 7.18. The maximum absolute atomic E-state index is 5.81. The van der Waals surface area contributed by atoms with Crippen LogP contribution in [0.3, 0.4) is 0 Å². The number of hydrogen-bond donors (Lipinski definition) is 1. The summed E-state index contributed by atoms with van der Waals surface area (Å²) in [6.45, 7) is 4.42. The Morgan fingerprint density at radius 3 is 2.53 bits per heavy atom. The molecule has 0 aliphatic carbocycles. The van der Waals surface area contributed by atoms with Gasteiger partial charge in [0.05, 0.1) is 25.9 Å². The second kappa shape index (κ2) is 6.37. The molecule has 0 aromatic heterocycles. The second-order valence-electron chi connectivity index (χ2n) is 5.29. The van der Waals surface area contributed by atoms with E-state index in [1.54, 1.807) is 0 Å². The quantitative estimate of drug-likeness (QED) is 0.905. The summed E-state index contributed by atoms with van der Waals surface area (Å²) in [7, 11) is 0. The third-order valence-corrected chi connectivity index (χ3v) is 3.97. The fourth-order valence-electron chi connectivity index (χ4n) is 2.86. The van der Waals surface area contributed by atoms with Gasteiger partial charge in [-0.05, 0) is 30.9 Å². The number of benzene rings is 1. The first-order valence-electron chi connectivity index (χ1n) is 7.18. The summed E-state index contributed by atoms with van der Waals surface area (Å²) >= 11 is 0. The van der Waals surface area contributed by atoms with Crippen LogP contribution in [0.25, 0.3) is 0 Å². The molecule has 0 spiro atoms. The minimum atomic E-state index is 0.313. The highest BCUT2D eigenvalue weighted by molar-refractivity contribution is 5.41. The Labute approximate surface area is 114 Å². The number of nitrogens with zero attached hydrogens (tertiary/aromatic N) is 1. The average molecular weight is 262 g/mol. The van der Waals surface area contributed by atoms with Crippen molar-refractivity contribution in [1.82, 2.24) is 5.01 Å². The number of ether oxygens (including phenoxy) is 2. The van der Waals surface area contributed by atoms with Gasteiger partial charge in [0.2, 0.25) is 0 Å². The van der Waals surface area contributed by atoms with E-state index in [1.165, 1.54) is 12.8 Å². The number of hydrazine groups is 1. The van der Waals surface area contributed by atoms with Gasteiger partial charge in [-0.25, -0.2) is 5.01 Å². The fraction of sp³-hybridized carbons (Fsp3) is 0.600. The number of piperidine rings is 1. The van der Waals surface area contributed by atoms with Crippen LogP contribution >= 0.6 is 0 Å². The molecule has 0 saturated carbocycles. The zero-order valence-electron chi connectivity index (χ0n) is 11.3. The summed E-state index contributed by atoms with van der Waals surface area (Å²) in [5, 5.41) is 2.30. The lowest BCUT2D eigenvalue weighted by atomic mass is 9.92. The molecular formula is C15H22N2O2. The normalized spacial score (nSPS) is 26.2. The molecule has 1 aromatic rings. The van der Waals surface area contributed by atoms with Gasteiger partial charge >= 0.3 is 0 Å². The first-order chi connectivity index (χ1) is 9.42. The van der Waals surface area contributed by atoms with Crippen LogP contribution in [0.1, 0.15) is 12.8 Å². The van der Waals surface area contributed by atoms with Crippen molar-refractivity contribution in [3.05, 3.63) is 30.3 Å². The molecule has 2 heterocycles. The van der Waals surface area contributed by atoms with Crippen molar-refractivity contribution < 1.29 is 9.47 Å². The van der Waals surface area contributed by atoms with Gasteiger partial charge in [0.15, 0.2) is 0 Å². The van der Waals surface area contributed by atoms with E-state index in [9.17, 15) is 0 Å². The molecule has 4 nitrogen and oxygen atoms in total. The highest BCUT2D eigenvalue weighted by Crippen LogP contribution is 2.24. The first kappa shape index (κ1) is 12.9. The Kier molecular flexibility index (Phi) is 4.33. The number of hydrogen-bond acceptors (Lipinski definition) is 4. The molecule has 104 valence electrons. The number of anilines is 1. The third-order valence-electron chi connectivity index (χ3n) is 3.97. The summed E-state index contributed by atoms with van der Waals surface area (Å²) in [5.41, 5.74) is 4.63. The lowest BCUT2D eigenvalue weighted by molar-refractivity contribution is -0.118. The highest BCUT2D eigenvalue weighted by atomic mass is 16.6. The smallest absolute Gasteiger partial charge is 0.0838 e. The molecular weight excluding hydrogens is 240 g/mol. The summed E-state index contributed by atoms with van der Waals surface area (Å²) in [6.07, 6.45) is 2.66. The maximum atomic E-state index is 5.81. The van der Waals surface area contributed by atoms with Crippen LogP contribution < -0.4 is 5.43 Å². The minimum Gasteiger partial charge on any atom is -0.376 e. The predicted molar refractivity (Wildman–Crippen MR) is 74.9 cm³/mol. The van der Waals surface area contributed by atoms with Gasteiger partial charge in [-0.3, -0.25) is 0 Å². The lowest BCUT2D eigenvalue weighted by Crippen LogP contribution is -2.44. The zero-order chi connectivity index (χ0) is 12.9. The summed E-state index contributed by atoms with van der Waals surface area (Å²) in [5.74, 6) is 0.647. The summed E-state index contributed by atoms with van der Waals surface area (Å²) < 4.78 is 11.3. The van der Waals surface area contributed by atoms with Gasteiger partial charge in [-0.15, -0.1) is 0 Å². The van der Waals surface area contributed by atoms with Crippen molar-refractivity contribution >= 4 is 5.69 Å². The Balaban J connectivity index is 1.46. The van der Waals surface area contributed by atoms with Gasteiger partial charge in [0, 0.05) is 18.8 Å². The van der Waals surface area contributed by atoms with Crippen molar-refractivity contribution in [2.45, 2.75) is 18.9 Å². The van der Waals surface area contributed by atoms with Gasteiger partial charge in [-0.2, -0.15) is 0 Å². The average Bonchev–Trinajstić information content (AvgIpc) is 2.50. The largest absolute Gasteiger partial charge is 0.376 e. The molecule has 1 atom stereocenters. The number of para-hydroxylation sites is 1. The molecule has 2 saturated heterocycles. The van der Waals surface area contributed by atoms with Crippen LogP contribution in [0.5, 0.6) is 0 Å². The standard InChI is InChI=1S/C15H22N2O2/c1-2-4-14(5-3-1)16-17-8-6-13(7-9-17)15-12-18-10-11-19-15/h1-5,13,15-16H,6-12H2. The molecule has 4 heteroatoms. The lowest BCUT2D eigenvalue weighted by Gasteiger charge is -2.37. The SMILES string of the molecule is c1ccc(NN2CCC(C3COCCO3)CC2)cc1. The van der Waals surface area contributed by atoms with E-state index in [4.69, 9.17) is 9.47 Å². The second-order valence-corrected chi connectivity index (χ2v) is 5.29. The molecule has 2 fully saturated rings. The summed E-state index contributed by atoms with van der Waals surface area (Å²) in [6, 6.07) is 10.4. The summed E-state index contributed by atoms with van der Waals surface area (Å²) in [4.78, 5) is 0. The van der Waals surface area contributed by atoms with Gasteiger partial charge in [-0.1, -0.05) is 18.2 Å². The Bertz CT molecular complexity index is 371. The van der Waals surface area contributed by atoms with Crippen molar-refractivity contribution in [3.63, 3.8) is 0 Å². The molecule has 0 bridgehead atoms. The van der Waals surface area contributed by atoms with E-state index >= 15 is 0 Å². The van der Waals surface area contributed by atoms with Crippen LogP contribution in [0.4, 0.5) is 5.69 Å². The van der Waals surface area contributed by atoms with E-state index in [1.807, 2.05) is 6.07 Å². The van der Waals surface area contributed by atoms with Crippen molar-refractivity contribution in [3.8, 4) is 0 Å². The van der Waals surface area contributed by atoms with Gasteiger partial charge < -0.3 is 14.9 Å². The maximum Gasteiger partial charge on any atom is 0.0838 e. The number of rotatable bonds is 3. The van der Waals surface area contributed by atoms with E-state index in [2.05, 4.69) is 34.7 Å². The Hall–Kier alpha value is -1.10. The molecule has 19 heavy (non-hydrogen) atoms. The van der Waals surface area contributed by atoms with Crippen LogP contribution in [0, 0.1) is 5.92 Å². The topological polar surface area (TPSA) is 33.7 Å². The van der Waals surface area contributed by atoms with E-state index in [-0.39, 0.29) is 0 Å². The van der Waals surface area contributed by atoms with Crippen molar-refractivity contribution in [1.29, 1.82) is 0 Å². The monoisotopic (exact) mass is 262 g/mol. The highest BCUT2D eigenvalue weighted by Gasteiger charge is 2.28.